The number of hydrogen-bond donors (Lipinski definition) is 3. The van der Waals surface area contributed by atoms with Gasteiger partial charge in [-0.15, -0.1) is 0 Å². The van der Waals surface area contributed by atoms with E-state index < -0.39 is 40.8 Å². The minimum atomic E-state index is -1.69. The second kappa shape index (κ2) is 15.2. The van der Waals surface area contributed by atoms with Gasteiger partial charge in [0.05, 0.1) is 13.7 Å². The quantitative estimate of drug-likeness (QED) is 0.129. The molecule has 4 rings (SSSR count). The van der Waals surface area contributed by atoms with Gasteiger partial charge in [-0.3, -0.25) is 15.0 Å². The van der Waals surface area contributed by atoms with E-state index in [0.29, 0.717) is 35.7 Å². The maximum atomic E-state index is 14.3. The van der Waals surface area contributed by atoms with Gasteiger partial charge in [0.1, 0.15) is 28.7 Å². The number of benzene rings is 3. The highest BCUT2D eigenvalue weighted by atomic mass is 19.1. The Morgan fingerprint density at radius 3 is 2.48 bits per heavy atom. The lowest BCUT2D eigenvalue weighted by atomic mass is 9.83. The van der Waals surface area contributed by atoms with Crippen molar-refractivity contribution >= 4 is 17.8 Å². The monoisotopic (exact) mass is 639 g/mol. The zero-order valence-electron chi connectivity index (χ0n) is 26.3. The van der Waals surface area contributed by atoms with E-state index in [0.717, 1.165) is 12.1 Å². The molecule has 1 heterocycles. The average molecular weight is 640 g/mol. The minimum absolute atomic E-state index is 0.00945. The molecule has 0 saturated carbocycles. The Morgan fingerprint density at radius 1 is 1.04 bits per heavy atom. The molecular weight excluding hydrogens is 600 g/mol. The van der Waals surface area contributed by atoms with Crippen molar-refractivity contribution < 1.29 is 42.4 Å². The van der Waals surface area contributed by atoms with Crippen LogP contribution in [0.2, 0.25) is 0 Å². The van der Waals surface area contributed by atoms with Gasteiger partial charge >= 0.3 is 5.97 Å². The number of amides is 1. The van der Waals surface area contributed by atoms with E-state index in [9.17, 15) is 18.4 Å². The first-order valence-electron chi connectivity index (χ1n) is 14.9. The van der Waals surface area contributed by atoms with Crippen LogP contribution in [-0.4, -0.2) is 54.3 Å². The zero-order chi connectivity index (χ0) is 33.3. The molecule has 0 saturated heterocycles. The summed E-state index contributed by atoms with van der Waals surface area (Å²) in [6, 6.07) is 17.0. The number of rotatable bonds is 14. The molecule has 12 heteroatoms. The molecule has 1 amide bonds. The van der Waals surface area contributed by atoms with Gasteiger partial charge < -0.3 is 24.1 Å². The average Bonchev–Trinajstić information content (AvgIpc) is 3.42. The van der Waals surface area contributed by atoms with E-state index in [-0.39, 0.29) is 37.5 Å². The summed E-state index contributed by atoms with van der Waals surface area (Å²) in [4.78, 5) is 31.9. The van der Waals surface area contributed by atoms with Gasteiger partial charge in [0.2, 0.25) is 5.90 Å². The fourth-order valence-electron chi connectivity index (χ4n) is 4.85. The van der Waals surface area contributed by atoms with Crippen molar-refractivity contribution in [2.75, 3.05) is 20.3 Å². The van der Waals surface area contributed by atoms with E-state index in [1.165, 1.54) is 13.2 Å². The second-order valence-electron chi connectivity index (χ2n) is 11.7. The second-order valence-corrected chi connectivity index (χ2v) is 11.7. The van der Waals surface area contributed by atoms with Crippen LogP contribution in [-0.2, 0) is 25.6 Å². The fraction of sp³-hybridized carbons (Fsp3) is 0.382. The standard InChI is InChI=1S/C34H39F2N3O7/c1-33(2,3)46-29(41)15-16-34(32(42)39-37-21-24-9-12-25(35)20-28(24)36)30(23-7-5-8-27(19-23)43-4)45-31(38-34)22-10-13-26(14-11-22)44-18-6-17-40/h5,7-14,19-20,30,37,40H,6,15-18,21H2,1-4H3,(H,39,42)/t30-,34-/m0/s1. The molecule has 246 valence electrons. The lowest BCUT2D eigenvalue weighted by Gasteiger charge is -2.31. The first-order valence-corrected chi connectivity index (χ1v) is 14.9. The van der Waals surface area contributed by atoms with Gasteiger partial charge in [-0.25, -0.2) is 19.2 Å². The van der Waals surface area contributed by atoms with Crippen LogP contribution in [0.25, 0.3) is 0 Å². The lowest BCUT2D eigenvalue weighted by Crippen LogP contribution is -2.52. The predicted octanol–water partition coefficient (Wildman–Crippen LogP) is 4.93. The number of methoxy groups -OCH3 is 1. The molecule has 1 aliphatic heterocycles. The molecule has 0 aromatic heterocycles. The van der Waals surface area contributed by atoms with Crippen LogP contribution in [0.1, 0.15) is 62.8 Å². The molecule has 3 aromatic rings. The van der Waals surface area contributed by atoms with Gasteiger partial charge in [-0.05, 0) is 75.2 Å². The van der Waals surface area contributed by atoms with Crippen molar-refractivity contribution in [2.24, 2.45) is 4.99 Å². The van der Waals surface area contributed by atoms with Crippen LogP contribution in [0, 0.1) is 11.6 Å². The van der Waals surface area contributed by atoms with E-state index in [2.05, 4.69) is 10.9 Å². The number of ether oxygens (including phenoxy) is 4. The third-order valence-electron chi connectivity index (χ3n) is 7.05. The highest BCUT2D eigenvalue weighted by Gasteiger charge is 2.53. The Balaban J connectivity index is 1.70. The number of hydrogen-bond acceptors (Lipinski definition) is 9. The molecule has 10 nitrogen and oxygen atoms in total. The summed E-state index contributed by atoms with van der Waals surface area (Å²) in [5.74, 6) is -1.43. The first-order chi connectivity index (χ1) is 21.9. The molecule has 0 bridgehead atoms. The Bertz CT molecular complexity index is 1540. The number of aliphatic imine (C=N–C) groups is 1. The van der Waals surface area contributed by atoms with Crippen molar-refractivity contribution in [3.05, 3.63) is 95.1 Å². The number of halogens is 2. The Labute approximate surface area is 266 Å². The fourth-order valence-corrected chi connectivity index (χ4v) is 4.85. The van der Waals surface area contributed by atoms with Crippen LogP contribution in [0.5, 0.6) is 11.5 Å². The summed E-state index contributed by atoms with van der Waals surface area (Å²) in [6.45, 7) is 5.44. The van der Waals surface area contributed by atoms with Crippen molar-refractivity contribution in [1.29, 1.82) is 0 Å². The number of carbonyl (C=O) groups excluding carboxylic acids is 2. The molecule has 3 aromatic carbocycles. The maximum Gasteiger partial charge on any atom is 0.306 e. The predicted molar refractivity (Wildman–Crippen MR) is 166 cm³/mol. The number of carbonyl (C=O) groups is 2. The van der Waals surface area contributed by atoms with E-state index in [1.807, 2.05) is 0 Å². The van der Waals surface area contributed by atoms with Gasteiger partial charge in [-0.1, -0.05) is 18.2 Å². The summed E-state index contributed by atoms with van der Waals surface area (Å²) in [5, 5.41) is 9.03. The number of nitrogens with one attached hydrogen (secondary N) is 2. The van der Waals surface area contributed by atoms with Gasteiger partial charge in [0.25, 0.3) is 5.91 Å². The molecular formula is C34H39F2N3O7. The highest BCUT2D eigenvalue weighted by molar-refractivity contribution is 6.01. The minimum Gasteiger partial charge on any atom is -0.497 e. The summed E-state index contributed by atoms with van der Waals surface area (Å²) in [6.07, 6.45) is -0.801. The molecule has 0 unspecified atom stereocenters. The largest absolute Gasteiger partial charge is 0.497 e. The Kier molecular flexibility index (Phi) is 11.3. The molecule has 0 spiro atoms. The number of aliphatic hydroxyl groups excluding tert-OH is 1. The third-order valence-corrected chi connectivity index (χ3v) is 7.05. The Hall–Kier alpha value is -4.55. The summed E-state index contributed by atoms with van der Waals surface area (Å²) < 4.78 is 50.7. The van der Waals surface area contributed by atoms with Crippen LogP contribution in [0.15, 0.2) is 71.7 Å². The lowest BCUT2D eigenvalue weighted by molar-refractivity contribution is -0.155. The SMILES string of the molecule is COc1cccc([C@@H]2OC(c3ccc(OCCCO)cc3)=N[C@]2(CCC(=O)OC(C)(C)C)C(=O)NNCc2ccc(F)cc2F)c1. The van der Waals surface area contributed by atoms with Crippen LogP contribution in [0.3, 0.4) is 0 Å². The topological polar surface area (TPSA) is 128 Å². The summed E-state index contributed by atoms with van der Waals surface area (Å²) in [5.41, 5.74) is 4.11. The molecule has 2 atom stereocenters. The molecule has 1 aliphatic rings. The molecule has 0 fully saturated rings. The Morgan fingerprint density at radius 2 is 1.80 bits per heavy atom. The first kappa shape index (κ1) is 34.3. The molecule has 3 N–H and O–H groups in total. The number of nitrogens with zero attached hydrogens (tertiary/aromatic N) is 1. The van der Waals surface area contributed by atoms with E-state index in [1.54, 1.807) is 69.3 Å². The smallest absolute Gasteiger partial charge is 0.306 e. The van der Waals surface area contributed by atoms with Crippen LogP contribution >= 0.6 is 0 Å². The van der Waals surface area contributed by atoms with Crippen LogP contribution < -0.4 is 20.3 Å². The zero-order valence-corrected chi connectivity index (χ0v) is 26.3. The summed E-state index contributed by atoms with van der Waals surface area (Å²) in [7, 11) is 1.52. The van der Waals surface area contributed by atoms with Gasteiger partial charge in [0.15, 0.2) is 11.6 Å². The molecule has 0 aliphatic carbocycles. The van der Waals surface area contributed by atoms with Crippen molar-refractivity contribution in [3.8, 4) is 11.5 Å². The normalized spacial score (nSPS) is 17.5. The highest BCUT2D eigenvalue weighted by Crippen LogP contribution is 2.44. The van der Waals surface area contributed by atoms with Crippen molar-refractivity contribution in [2.45, 2.75) is 63.8 Å². The number of aliphatic hydroxyl groups is 1. The summed E-state index contributed by atoms with van der Waals surface area (Å²) >= 11 is 0. The number of hydrazine groups is 1. The van der Waals surface area contributed by atoms with Gasteiger partial charge in [-0.2, -0.15) is 0 Å². The third kappa shape index (κ3) is 8.79. The van der Waals surface area contributed by atoms with Crippen LogP contribution in [0.4, 0.5) is 8.78 Å². The van der Waals surface area contributed by atoms with Crippen molar-refractivity contribution in [1.82, 2.24) is 10.9 Å². The van der Waals surface area contributed by atoms with E-state index in [4.69, 9.17) is 29.0 Å². The number of esters is 1. The molecule has 0 radical (unpaired) electrons. The van der Waals surface area contributed by atoms with E-state index >= 15 is 0 Å². The molecule has 46 heavy (non-hydrogen) atoms. The van der Waals surface area contributed by atoms with Gasteiger partial charge in [0, 0.05) is 43.2 Å². The maximum absolute atomic E-state index is 14.3. The van der Waals surface area contributed by atoms with Crippen molar-refractivity contribution in [3.63, 3.8) is 0 Å².